The molecule has 1 aromatic heterocycles. The molecule has 1 N–H and O–H groups in total. The van der Waals surface area contributed by atoms with E-state index in [0.29, 0.717) is 28.9 Å². The Kier molecular flexibility index (Phi) is 6.74. The maximum Gasteiger partial charge on any atom is 0.336 e. The highest BCUT2D eigenvalue weighted by Gasteiger charge is 2.23. The zero-order valence-corrected chi connectivity index (χ0v) is 14.9. The first kappa shape index (κ1) is 19.5. The molecule has 0 aliphatic rings. The van der Waals surface area contributed by atoms with Crippen LogP contribution in [0, 0.1) is 0 Å². The molecule has 0 aliphatic carbocycles. The van der Waals surface area contributed by atoms with Gasteiger partial charge in [0, 0.05) is 30.5 Å². The van der Waals surface area contributed by atoms with Gasteiger partial charge in [0.1, 0.15) is 24.0 Å². The van der Waals surface area contributed by atoms with Gasteiger partial charge in [-0.3, -0.25) is 4.79 Å². The van der Waals surface area contributed by atoms with Crippen LogP contribution in [0.1, 0.15) is 12.5 Å². The van der Waals surface area contributed by atoms with Crippen LogP contribution in [0.15, 0.2) is 33.5 Å². The minimum Gasteiger partial charge on any atom is -0.497 e. The number of carbonyl (C=O) groups is 2. The standard InChI is InChI=1S/C18H21NO7/c1-4-25-10-16(20)19-14(18(22)24-3)7-11-8-17(21)26-15-9-12(23-2)5-6-13(11)15/h5-6,8-9,14H,4,7,10H2,1-3H3,(H,19,20)/t14-/m1/s1. The molecule has 8 heteroatoms. The summed E-state index contributed by atoms with van der Waals surface area (Å²) in [5.41, 5.74) is 0.312. The van der Waals surface area contributed by atoms with Crippen LogP contribution in [0.3, 0.4) is 0 Å². The van der Waals surface area contributed by atoms with E-state index < -0.39 is 23.5 Å². The Morgan fingerprint density at radius 3 is 2.65 bits per heavy atom. The van der Waals surface area contributed by atoms with Crippen LogP contribution < -0.4 is 15.7 Å². The molecule has 0 unspecified atom stereocenters. The number of hydrogen-bond donors (Lipinski definition) is 1. The van der Waals surface area contributed by atoms with Crippen molar-refractivity contribution in [3.05, 3.63) is 40.2 Å². The number of hydrogen-bond acceptors (Lipinski definition) is 7. The summed E-state index contributed by atoms with van der Waals surface area (Å²) >= 11 is 0. The van der Waals surface area contributed by atoms with Crippen molar-refractivity contribution in [2.45, 2.75) is 19.4 Å². The van der Waals surface area contributed by atoms with E-state index in [2.05, 4.69) is 5.32 Å². The molecule has 2 aromatic rings. The number of nitrogens with one attached hydrogen (secondary N) is 1. The Morgan fingerprint density at radius 2 is 2.00 bits per heavy atom. The third-order valence-corrected chi connectivity index (χ3v) is 3.72. The number of amides is 1. The lowest BCUT2D eigenvalue weighted by molar-refractivity contribution is -0.145. The van der Waals surface area contributed by atoms with Crippen molar-refractivity contribution in [2.24, 2.45) is 0 Å². The highest BCUT2D eigenvalue weighted by Crippen LogP contribution is 2.23. The molecule has 1 atom stereocenters. The zero-order valence-electron chi connectivity index (χ0n) is 14.9. The molecule has 0 saturated heterocycles. The molecule has 0 radical (unpaired) electrons. The molecule has 140 valence electrons. The highest BCUT2D eigenvalue weighted by atomic mass is 16.5. The average molecular weight is 363 g/mol. The van der Waals surface area contributed by atoms with E-state index in [-0.39, 0.29) is 13.0 Å². The summed E-state index contributed by atoms with van der Waals surface area (Å²) in [4.78, 5) is 35.8. The summed E-state index contributed by atoms with van der Waals surface area (Å²) < 4.78 is 20.1. The number of carbonyl (C=O) groups excluding carboxylic acids is 2. The smallest absolute Gasteiger partial charge is 0.336 e. The number of ether oxygens (including phenoxy) is 3. The minimum absolute atomic E-state index is 0.0684. The van der Waals surface area contributed by atoms with Gasteiger partial charge in [-0.2, -0.15) is 0 Å². The summed E-state index contributed by atoms with van der Waals surface area (Å²) in [6.07, 6.45) is 0.0684. The van der Waals surface area contributed by atoms with E-state index in [0.717, 1.165) is 0 Å². The Bertz CT molecular complexity index is 843. The fraction of sp³-hybridized carbons (Fsp3) is 0.389. The maximum atomic E-state index is 12.0. The molecule has 0 bridgehead atoms. The second kappa shape index (κ2) is 9.00. The maximum absolute atomic E-state index is 12.0. The Labute approximate surface area is 150 Å². The fourth-order valence-electron chi connectivity index (χ4n) is 2.49. The van der Waals surface area contributed by atoms with Crippen molar-refractivity contribution in [1.82, 2.24) is 5.32 Å². The number of rotatable bonds is 8. The van der Waals surface area contributed by atoms with Gasteiger partial charge in [0.2, 0.25) is 5.91 Å². The van der Waals surface area contributed by atoms with Crippen molar-refractivity contribution in [1.29, 1.82) is 0 Å². The summed E-state index contributed by atoms with van der Waals surface area (Å²) in [5.74, 6) is -0.534. The topological polar surface area (TPSA) is 104 Å². The predicted molar refractivity (Wildman–Crippen MR) is 93.2 cm³/mol. The molecule has 1 aromatic carbocycles. The largest absolute Gasteiger partial charge is 0.497 e. The number of fused-ring (bicyclic) bond motifs is 1. The van der Waals surface area contributed by atoms with Crippen LogP contribution in [0.25, 0.3) is 11.0 Å². The van der Waals surface area contributed by atoms with Gasteiger partial charge in [0.05, 0.1) is 14.2 Å². The van der Waals surface area contributed by atoms with E-state index in [1.165, 1.54) is 20.3 Å². The summed E-state index contributed by atoms with van der Waals surface area (Å²) in [6.45, 7) is 1.97. The lowest BCUT2D eigenvalue weighted by Gasteiger charge is -2.17. The van der Waals surface area contributed by atoms with E-state index in [4.69, 9.17) is 18.6 Å². The lowest BCUT2D eigenvalue weighted by atomic mass is 10.0. The first-order valence-corrected chi connectivity index (χ1v) is 8.04. The van der Waals surface area contributed by atoms with Crippen molar-refractivity contribution >= 4 is 22.8 Å². The lowest BCUT2D eigenvalue weighted by Crippen LogP contribution is -2.44. The molecule has 0 aliphatic heterocycles. The summed E-state index contributed by atoms with van der Waals surface area (Å²) in [7, 11) is 2.73. The van der Waals surface area contributed by atoms with Gasteiger partial charge in [-0.05, 0) is 24.6 Å². The van der Waals surface area contributed by atoms with Crippen LogP contribution in [0.4, 0.5) is 0 Å². The van der Waals surface area contributed by atoms with E-state index in [9.17, 15) is 14.4 Å². The van der Waals surface area contributed by atoms with Gasteiger partial charge < -0.3 is 23.9 Å². The highest BCUT2D eigenvalue weighted by molar-refractivity contribution is 5.87. The average Bonchev–Trinajstić information content (AvgIpc) is 2.64. The summed E-state index contributed by atoms with van der Waals surface area (Å²) in [5, 5.41) is 3.20. The van der Waals surface area contributed by atoms with Crippen molar-refractivity contribution in [2.75, 3.05) is 27.4 Å². The third-order valence-electron chi connectivity index (χ3n) is 3.72. The van der Waals surface area contributed by atoms with Gasteiger partial charge in [-0.25, -0.2) is 9.59 Å². The molecule has 0 spiro atoms. The molecular formula is C18H21NO7. The molecule has 1 heterocycles. The molecular weight excluding hydrogens is 342 g/mol. The van der Waals surface area contributed by atoms with Crippen LogP contribution in [0.5, 0.6) is 5.75 Å². The monoisotopic (exact) mass is 363 g/mol. The molecule has 0 fully saturated rings. The van der Waals surface area contributed by atoms with Gasteiger partial charge >= 0.3 is 11.6 Å². The van der Waals surface area contributed by atoms with Crippen LogP contribution in [0.2, 0.25) is 0 Å². The quantitative estimate of drug-likeness (QED) is 0.552. The van der Waals surface area contributed by atoms with Crippen molar-refractivity contribution in [3.8, 4) is 5.75 Å². The first-order valence-electron chi connectivity index (χ1n) is 8.04. The SMILES string of the molecule is CCOCC(=O)N[C@H](Cc1cc(=O)oc2cc(OC)ccc12)C(=O)OC. The van der Waals surface area contributed by atoms with E-state index in [1.54, 1.807) is 25.1 Å². The Morgan fingerprint density at radius 1 is 1.23 bits per heavy atom. The third kappa shape index (κ3) is 4.82. The number of methoxy groups -OCH3 is 2. The molecule has 1 amide bonds. The van der Waals surface area contributed by atoms with Crippen LogP contribution in [-0.4, -0.2) is 45.4 Å². The Balaban J connectivity index is 2.33. The van der Waals surface area contributed by atoms with Gasteiger partial charge in [-0.1, -0.05) is 0 Å². The molecule has 26 heavy (non-hydrogen) atoms. The van der Waals surface area contributed by atoms with Gasteiger partial charge in [-0.15, -0.1) is 0 Å². The zero-order chi connectivity index (χ0) is 19.1. The predicted octanol–water partition coefficient (Wildman–Crippen LogP) is 1.04. The molecule has 2 rings (SSSR count). The first-order chi connectivity index (χ1) is 12.5. The normalized spacial score (nSPS) is 11.8. The van der Waals surface area contributed by atoms with Gasteiger partial charge in [0.25, 0.3) is 0 Å². The van der Waals surface area contributed by atoms with Crippen LogP contribution in [-0.2, 0) is 25.5 Å². The van der Waals surface area contributed by atoms with Crippen molar-refractivity contribution in [3.63, 3.8) is 0 Å². The Hall–Kier alpha value is -2.87. The summed E-state index contributed by atoms with van der Waals surface area (Å²) in [6, 6.07) is 5.36. The number of esters is 1. The minimum atomic E-state index is -0.958. The van der Waals surface area contributed by atoms with E-state index >= 15 is 0 Å². The molecule has 0 saturated carbocycles. The van der Waals surface area contributed by atoms with Gasteiger partial charge in [0.15, 0.2) is 0 Å². The molecule has 8 nitrogen and oxygen atoms in total. The fourth-order valence-corrected chi connectivity index (χ4v) is 2.49. The second-order valence-corrected chi connectivity index (χ2v) is 5.44. The van der Waals surface area contributed by atoms with Crippen LogP contribution >= 0.6 is 0 Å². The second-order valence-electron chi connectivity index (χ2n) is 5.44. The number of benzene rings is 1. The van der Waals surface area contributed by atoms with Crippen molar-refractivity contribution < 1.29 is 28.2 Å². The van der Waals surface area contributed by atoms with E-state index in [1.807, 2.05) is 0 Å².